The number of imide groups is 1. The van der Waals surface area contributed by atoms with Crippen LogP contribution in [0.15, 0.2) is 42.6 Å². The third-order valence-corrected chi connectivity index (χ3v) is 5.67. The zero-order valence-corrected chi connectivity index (χ0v) is 17.2. The van der Waals surface area contributed by atoms with Crippen molar-refractivity contribution in [3.8, 4) is 0 Å². The maximum Gasteiger partial charge on any atom is 0.417 e. The van der Waals surface area contributed by atoms with Crippen molar-refractivity contribution in [2.24, 2.45) is 0 Å². The van der Waals surface area contributed by atoms with E-state index in [4.69, 9.17) is 0 Å². The Morgan fingerprint density at radius 1 is 1.00 bits per heavy atom. The predicted molar refractivity (Wildman–Crippen MR) is 108 cm³/mol. The second kappa shape index (κ2) is 8.38. The summed E-state index contributed by atoms with van der Waals surface area (Å²) in [4.78, 5) is 35.8. The molecule has 0 radical (unpaired) electrons. The summed E-state index contributed by atoms with van der Waals surface area (Å²) >= 11 is 0. The molecule has 3 amide bonds. The van der Waals surface area contributed by atoms with Crippen LogP contribution in [0.3, 0.4) is 0 Å². The number of pyridine rings is 1. The largest absolute Gasteiger partial charge is 0.417 e. The summed E-state index contributed by atoms with van der Waals surface area (Å²) in [6, 6.07) is 6.54. The number of carbonyl (C=O) groups is 2. The molecule has 0 unspecified atom stereocenters. The average Bonchev–Trinajstić information content (AvgIpc) is 2.98. The fourth-order valence-electron chi connectivity index (χ4n) is 3.85. The highest BCUT2D eigenvalue weighted by molar-refractivity contribution is 6.14. The van der Waals surface area contributed by atoms with E-state index in [1.54, 1.807) is 6.92 Å². The normalized spacial score (nSPS) is 20.4. The average molecular weight is 451 g/mol. The van der Waals surface area contributed by atoms with Crippen LogP contribution >= 0.6 is 0 Å². The first-order valence-corrected chi connectivity index (χ1v) is 10.1. The zero-order valence-electron chi connectivity index (χ0n) is 17.2. The number of piperazine rings is 1. The molecule has 11 heteroatoms. The Hall–Kier alpha value is -3.21. The number of aromatic nitrogens is 1. The van der Waals surface area contributed by atoms with E-state index in [-0.39, 0.29) is 12.6 Å². The fraction of sp³-hybridized carbons (Fsp3) is 0.381. The minimum Gasteiger partial charge on any atom is -0.354 e. The van der Waals surface area contributed by atoms with Gasteiger partial charge in [0.15, 0.2) is 0 Å². The molecule has 1 aromatic carbocycles. The van der Waals surface area contributed by atoms with Crippen LogP contribution in [0.25, 0.3) is 0 Å². The van der Waals surface area contributed by atoms with E-state index in [1.165, 1.54) is 40.1 Å². The van der Waals surface area contributed by atoms with E-state index < -0.39 is 29.6 Å². The van der Waals surface area contributed by atoms with Gasteiger partial charge in [-0.2, -0.15) is 13.2 Å². The number of hydrogen-bond donors (Lipinski definition) is 0. The molecule has 2 fully saturated rings. The SMILES string of the molecule is C[C@@H]1C(=O)N(CN2CCN(c3ccc(C(F)(F)F)cn3)CC2)C(=O)N1c1ccc(F)cc1. The van der Waals surface area contributed by atoms with Gasteiger partial charge in [-0.15, -0.1) is 0 Å². The van der Waals surface area contributed by atoms with Gasteiger partial charge in [0.25, 0.3) is 5.91 Å². The van der Waals surface area contributed by atoms with Crippen LogP contribution in [-0.4, -0.2) is 65.6 Å². The van der Waals surface area contributed by atoms with Gasteiger partial charge in [0, 0.05) is 38.1 Å². The van der Waals surface area contributed by atoms with E-state index in [0.29, 0.717) is 37.7 Å². The summed E-state index contributed by atoms with van der Waals surface area (Å²) in [7, 11) is 0. The number of urea groups is 1. The van der Waals surface area contributed by atoms with Crippen molar-refractivity contribution in [1.29, 1.82) is 0 Å². The van der Waals surface area contributed by atoms with Gasteiger partial charge in [-0.05, 0) is 43.3 Å². The Bertz CT molecular complexity index is 989. The minimum absolute atomic E-state index is 0.105. The quantitative estimate of drug-likeness (QED) is 0.528. The first-order chi connectivity index (χ1) is 15.1. The van der Waals surface area contributed by atoms with Crippen molar-refractivity contribution in [1.82, 2.24) is 14.8 Å². The van der Waals surface area contributed by atoms with Crippen LogP contribution in [0.4, 0.5) is 33.9 Å². The highest BCUT2D eigenvalue weighted by atomic mass is 19.4. The van der Waals surface area contributed by atoms with Crippen molar-refractivity contribution in [3.63, 3.8) is 0 Å². The van der Waals surface area contributed by atoms with Crippen LogP contribution in [0.5, 0.6) is 0 Å². The highest BCUT2D eigenvalue weighted by Gasteiger charge is 2.44. The van der Waals surface area contributed by atoms with Crippen molar-refractivity contribution in [3.05, 3.63) is 54.0 Å². The Kier molecular flexibility index (Phi) is 5.76. The van der Waals surface area contributed by atoms with Gasteiger partial charge < -0.3 is 4.90 Å². The van der Waals surface area contributed by atoms with Gasteiger partial charge in [0.1, 0.15) is 17.7 Å². The van der Waals surface area contributed by atoms with Crippen molar-refractivity contribution in [2.75, 3.05) is 42.6 Å². The van der Waals surface area contributed by atoms with Crippen molar-refractivity contribution < 1.29 is 27.2 Å². The number of hydrogen-bond acceptors (Lipinski definition) is 5. The summed E-state index contributed by atoms with van der Waals surface area (Å²) in [6.07, 6.45) is -3.62. The van der Waals surface area contributed by atoms with E-state index >= 15 is 0 Å². The minimum atomic E-state index is -4.43. The number of benzene rings is 1. The van der Waals surface area contributed by atoms with Crippen molar-refractivity contribution >= 4 is 23.4 Å². The smallest absolute Gasteiger partial charge is 0.354 e. The standard InChI is InChI=1S/C21H21F4N5O2/c1-14-19(31)29(20(32)30(14)17-5-3-16(22)4-6-17)13-27-8-10-28(11-9-27)18-7-2-15(12-26-18)21(23,24)25/h2-7,12,14H,8-11,13H2,1H3/t14-/m1/s1. The number of carbonyl (C=O) groups excluding carboxylic acids is 2. The van der Waals surface area contributed by atoms with Crippen LogP contribution in [0, 0.1) is 5.82 Å². The Morgan fingerprint density at radius 2 is 1.66 bits per heavy atom. The molecule has 1 aromatic heterocycles. The summed E-state index contributed by atoms with van der Waals surface area (Å²) < 4.78 is 51.3. The van der Waals surface area contributed by atoms with Crippen LogP contribution in [0.1, 0.15) is 12.5 Å². The van der Waals surface area contributed by atoms with Gasteiger partial charge in [-0.1, -0.05) is 0 Å². The molecule has 0 aliphatic carbocycles. The molecule has 2 aliphatic rings. The lowest BCUT2D eigenvalue weighted by molar-refractivity contribution is -0.137. The molecule has 0 N–H and O–H groups in total. The molecule has 4 rings (SSSR count). The Morgan fingerprint density at radius 3 is 2.22 bits per heavy atom. The van der Waals surface area contributed by atoms with E-state index in [2.05, 4.69) is 4.98 Å². The molecular weight excluding hydrogens is 430 g/mol. The van der Waals surface area contributed by atoms with Gasteiger partial charge in [0.05, 0.1) is 12.2 Å². The van der Waals surface area contributed by atoms with E-state index in [1.807, 2.05) is 9.80 Å². The second-order valence-electron chi connectivity index (χ2n) is 7.72. The molecule has 3 heterocycles. The summed E-state index contributed by atoms with van der Waals surface area (Å²) in [5, 5.41) is 0. The summed E-state index contributed by atoms with van der Waals surface area (Å²) in [5.74, 6) is -0.329. The molecular formula is C21H21F4N5O2. The van der Waals surface area contributed by atoms with E-state index in [9.17, 15) is 27.2 Å². The summed E-state index contributed by atoms with van der Waals surface area (Å²) in [6.45, 7) is 3.72. The molecule has 7 nitrogen and oxygen atoms in total. The van der Waals surface area contributed by atoms with Gasteiger partial charge in [-0.25, -0.2) is 19.1 Å². The molecule has 2 aromatic rings. The Balaban J connectivity index is 1.37. The lowest BCUT2D eigenvalue weighted by atomic mass is 10.2. The highest BCUT2D eigenvalue weighted by Crippen LogP contribution is 2.30. The van der Waals surface area contributed by atoms with Crippen LogP contribution < -0.4 is 9.80 Å². The first-order valence-electron chi connectivity index (χ1n) is 10.1. The number of anilines is 2. The van der Waals surface area contributed by atoms with Gasteiger partial charge in [0.2, 0.25) is 0 Å². The molecule has 170 valence electrons. The third-order valence-electron chi connectivity index (χ3n) is 5.67. The molecule has 2 aliphatic heterocycles. The molecule has 0 bridgehead atoms. The van der Waals surface area contributed by atoms with Crippen molar-refractivity contribution in [2.45, 2.75) is 19.1 Å². The molecule has 32 heavy (non-hydrogen) atoms. The van der Waals surface area contributed by atoms with Crippen LogP contribution in [0.2, 0.25) is 0 Å². The lowest BCUT2D eigenvalue weighted by Crippen LogP contribution is -2.51. The molecule has 0 spiro atoms. The number of alkyl halides is 3. The number of amides is 3. The van der Waals surface area contributed by atoms with Gasteiger partial charge >= 0.3 is 12.2 Å². The Labute approximate surface area is 181 Å². The van der Waals surface area contributed by atoms with E-state index in [0.717, 1.165) is 12.3 Å². The topological polar surface area (TPSA) is 60.0 Å². The van der Waals surface area contributed by atoms with Gasteiger partial charge in [-0.3, -0.25) is 14.6 Å². The number of halogens is 4. The number of nitrogens with zero attached hydrogens (tertiary/aromatic N) is 5. The molecule has 0 saturated carbocycles. The molecule has 1 atom stereocenters. The molecule has 2 saturated heterocycles. The summed E-state index contributed by atoms with van der Waals surface area (Å²) in [5.41, 5.74) is -0.358. The maximum absolute atomic E-state index is 13.2. The monoisotopic (exact) mass is 451 g/mol. The van der Waals surface area contributed by atoms with Crippen LogP contribution in [-0.2, 0) is 11.0 Å². The predicted octanol–water partition coefficient (Wildman–Crippen LogP) is 3.18. The lowest BCUT2D eigenvalue weighted by Gasteiger charge is -2.36. The maximum atomic E-state index is 13.2. The number of rotatable bonds is 4. The fourth-order valence-corrected chi connectivity index (χ4v) is 3.85. The zero-order chi connectivity index (χ0) is 23.0. The first kappa shape index (κ1) is 22.0. The second-order valence-corrected chi connectivity index (χ2v) is 7.72. The third kappa shape index (κ3) is 4.24.